The molecule has 96 valence electrons. The van der Waals surface area contributed by atoms with E-state index in [1.165, 1.54) is 5.56 Å². The van der Waals surface area contributed by atoms with Gasteiger partial charge in [-0.15, -0.1) is 0 Å². The molecule has 0 amide bonds. The van der Waals surface area contributed by atoms with Crippen LogP contribution in [0.1, 0.15) is 18.9 Å². The first-order valence-electron chi connectivity index (χ1n) is 6.19. The Morgan fingerprint density at radius 3 is 2.76 bits per heavy atom. The predicted molar refractivity (Wildman–Crippen MR) is 72.5 cm³/mol. The third-order valence-corrected chi connectivity index (χ3v) is 2.88. The van der Waals surface area contributed by atoms with E-state index in [0.717, 1.165) is 31.7 Å². The van der Waals surface area contributed by atoms with Crippen molar-refractivity contribution in [1.82, 2.24) is 4.90 Å². The number of nitrogens with two attached hydrogens (primary N) is 1. The fraction of sp³-hybridized carbons (Fsp3) is 0.571. The van der Waals surface area contributed by atoms with Gasteiger partial charge in [-0.3, -0.25) is 0 Å². The van der Waals surface area contributed by atoms with Gasteiger partial charge in [0.1, 0.15) is 5.75 Å². The van der Waals surface area contributed by atoms with Crippen molar-refractivity contribution in [3.63, 3.8) is 0 Å². The standard InChI is InChI=1S/C14H24N2O/c1-12(15)7-9-16(2)10-8-13-5-4-6-14(11-13)17-3/h4-6,11-12H,7-10,15H2,1-3H3. The SMILES string of the molecule is COc1cccc(CCN(C)CCC(C)N)c1. The highest BCUT2D eigenvalue weighted by atomic mass is 16.5. The first kappa shape index (κ1) is 14.0. The van der Waals surface area contributed by atoms with Crippen LogP contribution in [0.2, 0.25) is 0 Å². The van der Waals surface area contributed by atoms with E-state index in [1.807, 2.05) is 12.1 Å². The first-order chi connectivity index (χ1) is 8.11. The molecule has 1 atom stereocenters. The highest BCUT2D eigenvalue weighted by molar-refractivity contribution is 5.28. The number of likely N-dealkylation sites (N-methyl/N-ethyl adjacent to an activating group) is 1. The molecule has 17 heavy (non-hydrogen) atoms. The maximum atomic E-state index is 5.74. The Hall–Kier alpha value is -1.06. The van der Waals surface area contributed by atoms with Gasteiger partial charge in [0, 0.05) is 12.6 Å². The maximum Gasteiger partial charge on any atom is 0.119 e. The van der Waals surface area contributed by atoms with Gasteiger partial charge in [-0.2, -0.15) is 0 Å². The second-order valence-corrected chi connectivity index (χ2v) is 4.67. The Morgan fingerprint density at radius 1 is 1.35 bits per heavy atom. The Morgan fingerprint density at radius 2 is 2.12 bits per heavy atom. The van der Waals surface area contributed by atoms with Crippen molar-refractivity contribution < 1.29 is 4.74 Å². The summed E-state index contributed by atoms with van der Waals surface area (Å²) < 4.78 is 5.21. The summed E-state index contributed by atoms with van der Waals surface area (Å²) in [5.41, 5.74) is 7.06. The summed E-state index contributed by atoms with van der Waals surface area (Å²) >= 11 is 0. The molecule has 0 saturated heterocycles. The normalized spacial score (nSPS) is 12.8. The summed E-state index contributed by atoms with van der Waals surface area (Å²) in [4.78, 5) is 2.32. The van der Waals surface area contributed by atoms with Gasteiger partial charge in [0.25, 0.3) is 0 Å². The van der Waals surface area contributed by atoms with E-state index in [4.69, 9.17) is 10.5 Å². The lowest BCUT2D eigenvalue weighted by Gasteiger charge is -2.17. The molecule has 1 aromatic carbocycles. The summed E-state index contributed by atoms with van der Waals surface area (Å²) in [6.07, 6.45) is 2.10. The van der Waals surface area contributed by atoms with Gasteiger partial charge in [-0.25, -0.2) is 0 Å². The van der Waals surface area contributed by atoms with E-state index < -0.39 is 0 Å². The molecule has 0 spiro atoms. The van der Waals surface area contributed by atoms with Crippen molar-refractivity contribution in [3.05, 3.63) is 29.8 Å². The van der Waals surface area contributed by atoms with E-state index in [1.54, 1.807) is 7.11 Å². The Balaban J connectivity index is 2.33. The van der Waals surface area contributed by atoms with Gasteiger partial charge in [0.2, 0.25) is 0 Å². The summed E-state index contributed by atoms with van der Waals surface area (Å²) in [6.45, 7) is 4.16. The zero-order valence-corrected chi connectivity index (χ0v) is 11.1. The fourth-order valence-electron chi connectivity index (χ4n) is 1.68. The minimum atomic E-state index is 0.286. The molecule has 1 rings (SSSR count). The molecule has 0 radical (unpaired) electrons. The molecule has 3 nitrogen and oxygen atoms in total. The second kappa shape index (κ2) is 7.30. The van der Waals surface area contributed by atoms with Crippen LogP contribution in [-0.4, -0.2) is 38.2 Å². The molecule has 2 N–H and O–H groups in total. The predicted octanol–water partition coefficient (Wildman–Crippen LogP) is 1.91. The van der Waals surface area contributed by atoms with Crippen LogP contribution in [0, 0.1) is 0 Å². The first-order valence-corrected chi connectivity index (χ1v) is 6.19. The van der Waals surface area contributed by atoms with E-state index in [9.17, 15) is 0 Å². The molecule has 3 heteroatoms. The van der Waals surface area contributed by atoms with Crippen LogP contribution in [0.5, 0.6) is 5.75 Å². The average molecular weight is 236 g/mol. The summed E-state index contributed by atoms with van der Waals surface area (Å²) in [6, 6.07) is 8.54. The van der Waals surface area contributed by atoms with Crippen LogP contribution < -0.4 is 10.5 Å². The molecule has 1 aromatic rings. The van der Waals surface area contributed by atoms with Gasteiger partial charge in [-0.05, 0) is 51.1 Å². The van der Waals surface area contributed by atoms with Crippen molar-refractivity contribution in [1.29, 1.82) is 0 Å². The molecule has 0 saturated carbocycles. The van der Waals surface area contributed by atoms with Crippen LogP contribution in [0.4, 0.5) is 0 Å². The van der Waals surface area contributed by atoms with E-state index in [2.05, 4.69) is 31.0 Å². The van der Waals surface area contributed by atoms with Crippen molar-refractivity contribution in [2.45, 2.75) is 25.8 Å². The molecule has 0 aromatic heterocycles. The van der Waals surface area contributed by atoms with Gasteiger partial charge in [-0.1, -0.05) is 12.1 Å². The van der Waals surface area contributed by atoms with Crippen LogP contribution in [0.3, 0.4) is 0 Å². The minimum absolute atomic E-state index is 0.286. The monoisotopic (exact) mass is 236 g/mol. The quantitative estimate of drug-likeness (QED) is 0.786. The Labute approximate surface area is 105 Å². The fourth-order valence-corrected chi connectivity index (χ4v) is 1.68. The molecule has 1 unspecified atom stereocenters. The summed E-state index contributed by atoms with van der Waals surface area (Å²) in [7, 11) is 3.84. The smallest absolute Gasteiger partial charge is 0.119 e. The summed E-state index contributed by atoms with van der Waals surface area (Å²) in [5.74, 6) is 0.931. The number of hydrogen-bond donors (Lipinski definition) is 1. The number of hydrogen-bond acceptors (Lipinski definition) is 3. The van der Waals surface area contributed by atoms with Crippen LogP contribution in [0.25, 0.3) is 0 Å². The molecule has 0 aliphatic carbocycles. The molecular formula is C14H24N2O. The number of rotatable bonds is 7. The van der Waals surface area contributed by atoms with E-state index in [-0.39, 0.29) is 6.04 Å². The molecule has 0 bridgehead atoms. The Kier molecular flexibility index (Phi) is 6.01. The summed E-state index contributed by atoms with van der Waals surface area (Å²) in [5, 5.41) is 0. The third kappa shape index (κ3) is 5.71. The maximum absolute atomic E-state index is 5.74. The highest BCUT2D eigenvalue weighted by Gasteiger charge is 2.02. The lowest BCUT2D eigenvalue weighted by atomic mass is 10.1. The molecular weight excluding hydrogens is 212 g/mol. The lowest BCUT2D eigenvalue weighted by molar-refractivity contribution is 0.324. The van der Waals surface area contributed by atoms with Crippen LogP contribution in [0.15, 0.2) is 24.3 Å². The number of benzene rings is 1. The number of nitrogens with zero attached hydrogens (tertiary/aromatic N) is 1. The highest BCUT2D eigenvalue weighted by Crippen LogP contribution is 2.13. The zero-order valence-electron chi connectivity index (χ0n) is 11.1. The molecule has 0 aliphatic heterocycles. The van der Waals surface area contributed by atoms with Gasteiger partial charge in [0.05, 0.1) is 7.11 Å². The van der Waals surface area contributed by atoms with E-state index >= 15 is 0 Å². The van der Waals surface area contributed by atoms with Crippen molar-refractivity contribution in [2.75, 3.05) is 27.2 Å². The topological polar surface area (TPSA) is 38.5 Å². The lowest BCUT2D eigenvalue weighted by Crippen LogP contribution is -2.27. The zero-order chi connectivity index (χ0) is 12.7. The third-order valence-electron chi connectivity index (χ3n) is 2.88. The molecule has 0 fully saturated rings. The van der Waals surface area contributed by atoms with Crippen molar-refractivity contribution >= 4 is 0 Å². The number of ether oxygens (including phenoxy) is 1. The van der Waals surface area contributed by atoms with Gasteiger partial charge >= 0.3 is 0 Å². The average Bonchev–Trinajstić information content (AvgIpc) is 2.34. The van der Waals surface area contributed by atoms with Crippen LogP contribution >= 0.6 is 0 Å². The van der Waals surface area contributed by atoms with Gasteiger partial charge < -0.3 is 15.4 Å². The van der Waals surface area contributed by atoms with E-state index in [0.29, 0.717) is 0 Å². The minimum Gasteiger partial charge on any atom is -0.497 e. The number of methoxy groups -OCH3 is 1. The van der Waals surface area contributed by atoms with Crippen molar-refractivity contribution in [2.24, 2.45) is 5.73 Å². The van der Waals surface area contributed by atoms with Gasteiger partial charge in [0.15, 0.2) is 0 Å². The van der Waals surface area contributed by atoms with Crippen LogP contribution in [-0.2, 0) is 6.42 Å². The largest absolute Gasteiger partial charge is 0.497 e. The Bertz CT molecular complexity index is 326. The van der Waals surface area contributed by atoms with Crippen molar-refractivity contribution in [3.8, 4) is 5.75 Å². The molecule has 0 aliphatic rings. The second-order valence-electron chi connectivity index (χ2n) is 4.67. The molecule has 0 heterocycles.